The summed E-state index contributed by atoms with van der Waals surface area (Å²) in [5.74, 6) is 0.505. The smallest absolute Gasteiger partial charge is 0.233 e. The van der Waals surface area contributed by atoms with Crippen molar-refractivity contribution in [2.45, 2.75) is 49.0 Å². The second-order valence-corrected chi connectivity index (χ2v) is 9.52. The number of carbonyl (C=O) groups is 1. The highest BCUT2D eigenvalue weighted by Crippen LogP contribution is 2.46. The maximum Gasteiger partial charge on any atom is 0.233 e. The SMILES string of the molecule is COc1ccc(C(CN2C(=O)CSC2c2ccc(O)c(O)c2)C2(O)CCCCC2)cc1. The molecule has 166 valence electrons. The first-order valence-corrected chi connectivity index (χ1v) is 11.8. The summed E-state index contributed by atoms with van der Waals surface area (Å²) in [7, 11) is 1.62. The number of phenolic OH excluding ortho intramolecular Hbond substituents is 2. The molecule has 3 N–H and O–H groups in total. The molecule has 0 bridgehead atoms. The van der Waals surface area contributed by atoms with Gasteiger partial charge in [0.15, 0.2) is 11.5 Å². The number of hydrogen-bond donors (Lipinski definition) is 3. The number of aliphatic hydroxyl groups is 1. The maximum atomic E-state index is 12.9. The summed E-state index contributed by atoms with van der Waals surface area (Å²) in [4.78, 5) is 14.7. The zero-order valence-electron chi connectivity index (χ0n) is 17.7. The number of thioether (sulfide) groups is 1. The van der Waals surface area contributed by atoms with Crippen molar-refractivity contribution in [1.82, 2.24) is 4.90 Å². The standard InChI is InChI=1S/C24H29NO5S/c1-30-18-8-5-16(6-9-18)19(24(29)11-3-2-4-12-24)14-25-22(28)15-31-23(25)17-7-10-20(26)21(27)13-17/h5-10,13,19,23,26-27,29H,2-4,11-12,14-15H2,1H3. The number of hydrogen-bond acceptors (Lipinski definition) is 6. The van der Waals surface area contributed by atoms with E-state index in [1.807, 2.05) is 24.3 Å². The van der Waals surface area contributed by atoms with Gasteiger partial charge in [-0.1, -0.05) is 37.5 Å². The second-order valence-electron chi connectivity index (χ2n) is 8.45. The van der Waals surface area contributed by atoms with E-state index in [1.54, 1.807) is 18.1 Å². The van der Waals surface area contributed by atoms with Crippen LogP contribution in [0.1, 0.15) is 54.5 Å². The highest BCUT2D eigenvalue weighted by Gasteiger charge is 2.43. The Bertz CT molecular complexity index is 926. The molecule has 1 aliphatic carbocycles. The topological polar surface area (TPSA) is 90.2 Å². The molecule has 1 amide bonds. The van der Waals surface area contributed by atoms with Gasteiger partial charge in [0.25, 0.3) is 0 Å². The van der Waals surface area contributed by atoms with Crippen LogP contribution in [0.15, 0.2) is 42.5 Å². The molecule has 0 spiro atoms. The lowest BCUT2D eigenvalue weighted by Crippen LogP contribution is -2.45. The average molecular weight is 444 g/mol. The Labute approximate surface area is 186 Å². The van der Waals surface area contributed by atoms with Gasteiger partial charge < -0.3 is 25.0 Å². The van der Waals surface area contributed by atoms with E-state index in [9.17, 15) is 20.1 Å². The quantitative estimate of drug-likeness (QED) is 0.581. The molecule has 2 aliphatic rings. The summed E-state index contributed by atoms with van der Waals surface area (Å²) in [5, 5.41) is 31.0. The van der Waals surface area contributed by atoms with Gasteiger partial charge in [-0.25, -0.2) is 0 Å². The van der Waals surface area contributed by atoms with Crippen molar-refractivity contribution in [3.05, 3.63) is 53.6 Å². The highest BCUT2D eigenvalue weighted by atomic mass is 32.2. The molecule has 2 fully saturated rings. The molecule has 2 unspecified atom stereocenters. The first kappa shape index (κ1) is 21.8. The van der Waals surface area contributed by atoms with Crippen molar-refractivity contribution in [2.24, 2.45) is 0 Å². The molecule has 2 atom stereocenters. The van der Waals surface area contributed by atoms with Gasteiger partial charge in [0.05, 0.1) is 18.5 Å². The molecule has 0 aromatic heterocycles. The number of methoxy groups -OCH3 is 1. The third kappa shape index (κ3) is 4.48. The monoisotopic (exact) mass is 443 g/mol. The van der Waals surface area contributed by atoms with Crippen LogP contribution in [0.2, 0.25) is 0 Å². The van der Waals surface area contributed by atoms with Crippen LogP contribution in [0.3, 0.4) is 0 Å². The number of aromatic hydroxyl groups is 2. The predicted molar refractivity (Wildman–Crippen MR) is 120 cm³/mol. The van der Waals surface area contributed by atoms with Gasteiger partial charge >= 0.3 is 0 Å². The van der Waals surface area contributed by atoms with Crippen LogP contribution >= 0.6 is 11.8 Å². The first-order chi connectivity index (χ1) is 14.9. The maximum absolute atomic E-state index is 12.9. The van der Waals surface area contributed by atoms with Crippen molar-refractivity contribution in [1.29, 1.82) is 0 Å². The van der Waals surface area contributed by atoms with Gasteiger partial charge in [-0.2, -0.15) is 0 Å². The molecule has 2 aromatic carbocycles. The van der Waals surface area contributed by atoms with E-state index >= 15 is 0 Å². The summed E-state index contributed by atoms with van der Waals surface area (Å²) in [6.07, 6.45) is 4.49. The van der Waals surface area contributed by atoms with E-state index in [0.29, 0.717) is 25.1 Å². The van der Waals surface area contributed by atoms with Crippen LogP contribution in [0.25, 0.3) is 0 Å². The van der Waals surface area contributed by atoms with Gasteiger partial charge in [0.2, 0.25) is 5.91 Å². The molecule has 1 aliphatic heterocycles. The Kier molecular flexibility index (Phi) is 6.34. The van der Waals surface area contributed by atoms with Crippen LogP contribution in [0.4, 0.5) is 0 Å². The van der Waals surface area contributed by atoms with E-state index in [2.05, 4.69) is 0 Å². The van der Waals surface area contributed by atoms with Crippen LogP contribution in [-0.4, -0.2) is 51.1 Å². The van der Waals surface area contributed by atoms with Gasteiger partial charge in [-0.05, 0) is 48.2 Å². The molecule has 7 heteroatoms. The van der Waals surface area contributed by atoms with E-state index < -0.39 is 5.60 Å². The fourth-order valence-corrected chi connectivity index (χ4v) is 5.94. The number of carbonyl (C=O) groups excluding carboxylic acids is 1. The number of rotatable bonds is 6. The molecular formula is C24H29NO5S. The fourth-order valence-electron chi connectivity index (χ4n) is 4.75. The van der Waals surface area contributed by atoms with E-state index in [0.717, 1.165) is 36.1 Å². The summed E-state index contributed by atoms with van der Waals surface area (Å²) < 4.78 is 5.29. The number of nitrogens with zero attached hydrogens (tertiary/aromatic N) is 1. The zero-order valence-corrected chi connectivity index (χ0v) is 18.5. The highest BCUT2D eigenvalue weighted by molar-refractivity contribution is 8.00. The number of ether oxygens (including phenoxy) is 1. The number of phenols is 2. The number of amides is 1. The van der Waals surface area contributed by atoms with Crippen LogP contribution in [0.5, 0.6) is 17.2 Å². The summed E-state index contributed by atoms with van der Waals surface area (Å²) >= 11 is 1.50. The lowest BCUT2D eigenvalue weighted by molar-refractivity contribution is -0.129. The van der Waals surface area contributed by atoms with Crippen LogP contribution in [-0.2, 0) is 4.79 Å². The normalized spacial score (nSPS) is 21.8. The van der Waals surface area contributed by atoms with E-state index in [4.69, 9.17) is 4.74 Å². The molecular weight excluding hydrogens is 414 g/mol. The van der Waals surface area contributed by atoms with Crippen LogP contribution in [0, 0.1) is 0 Å². The second kappa shape index (κ2) is 9.01. The molecule has 1 heterocycles. The Morgan fingerprint density at radius 3 is 2.45 bits per heavy atom. The molecule has 4 rings (SSSR count). The minimum Gasteiger partial charge on any atom is -0.504 e. The Morgan fingerprint density at radius 1 is 1.10 bits per heavy atom. The Balaban J connectivity index is 1.66. The van der Waals surface area contributed by atoms with Crippen molar-refractivity contribution in [3.63, 3.8) is 0 Å². The Hall–Kier alpha value is -2.38. The van der Waals surface area contributed by atoms with E-state index in [-0.39, 0.29) is 28.7 Å². The molecule has 0 radical (unpaired) electrons. The molecule has 1 saturated heterocycles. The first-order valence-electron chi connectivity index (χ1n) is 10.7. The minimum absolute atomic E-state index is 0.0143. The van der Waals surface area contributed by atoms with E-state index in [1.165, 1.54) is 23.9 Å². The van der Waals surface area contributed by atoms with Crippen molar-refractivity contribution in [3.8, 4) is 17.2 Å². The lowest BCUT2D eigenvalue weighted by atomic mass is 9.72. The third-order valence-electron chi connectivity index (χ3n) is 6.52. The van der Waals surface area contributed by atoms with Gasteiger partial charge in [-0.15, -0.1) is 11.8 Å². The van der Waals surface area contributed by atoms with Crippen molar-refractivity contribution >= 4 is 17.7 Å². The predicted octanol–water partition coefficient (Wildman–Crippen LogP) is 4.16. The summed E-state index contributed by atoms with van der Waals surface area (Å²) in [5.41, 5.74) is 0.875. The fraction of sp³-hybridized carbons (Fsp3) is 0.458. The molecule has 1 saturated carbocycles. The van der Waals surface area contributed by atoms with Crippen molar-refractivity contribution < 1.29 is 24.9 Å². The summed E-state index contributed by atoms with van der Waals surface area (Å²) in [6, 6.07) is 12.4. The van der Waals surface area contributed by atoms with Crippen LogP contribution < -0.4 is 4.74 Å². The third-order valence-corrected chi connectivity index (χ3v) is 7.77. The molecule has 2 aromatic rings. The lowest BCUT2D eigenvalue weighted by Gasteiger charge is -2.42. The molecule has 6 nitrogen and oxygen atoms in total. The molecule has 31 heavy (non-hydrogen) atoms. The summed E-state index contributed by atoms with van der Waals surface area (Å²) in [6.45, 7) is 0.390. The van der Waals surface area contributed by atoms with Gasteiger partial charge in [-0.3, -0.25) is 4.79 Å². The largest absolute Gasteiger partial charge is 0.504 e. The van der Waals surface area contributed by atoms with Gasteiger partial charge in [0.1, 0.15) is 11.1 Å². The van der Waals surface area contributed by atoms with Gasteiger partial charge in [0, 0.05) is 12.5 Å². The van der Waals surface area contributed by atoms with Crippen molar-refractivity contribution in [2.75, 3.05) is 19.4 Å². The minimum atomic E-state index is -0.873. The number of benzene rings is 2. The zero-order chi connectivity index (χ0) is 22.0. The average Bonchev–Trinajstić information content (AvgIpc) is 3.14. The Morgan fingerprint density at radius 2 is 1.81 bits per heavy atom.